The van der Waals surface area contributed by atoms with Gasteiger partial charge in [0.15, 0.2) is 11.9 Å². The molecule has 0 spiro atoms. The molecule has 1 aromatic carbocycles. The van der Waals surface area contributed by atoms with Crippen LogP contribution in [0.4, 0.5) is 5.69 Å². The number of esters is 1. The van der Waals surface area contributed by atoms with Crippen LogP contribution in [0.3, 0.4) is 0 Å². The highest BCUT2D eigenvalue weighted by molar-refractivity contribution is 6.09. The molecular formula is C18H17NO6. The number of benzene rings is 1. The van der Waals surface area contributed by atoms with Crippen LogP contribution in [0.1, 0.15) is 29.5 Å². The molecule has 0 saturated carbocycles. The fourth-order valence-corrected chi connectivity index (χ4v) is 2.63. The molecule has 2 aromatic rings. The molecule has 0 radical (unpaired) electrons. The SMILES string of the molecule is CC[C@@H]1Oc2ccc(C(=O)c3ccco3)cc2N(CC(=O)OC)C1=O. The normalized spacial score (nSPS) is 16.2. The first-order chi connectivity index (χ1) is 12.0. The molecule has 1 aliphatic rings. The highest BCUT2D eigenvalue weighted by Gasteiger charge is 2.35. The molecule has 3 rings (SSSR count). The Morgan fingerprint density at radius 3 is 2.72 bits per heavy atom. The maximum Gasteiger partial charge on any atom is 0.325 e. The Labute approximate surface area is 144 Å². The lowest BCUT2D eigenvalue weighted by Gasteiger charge is -2.33. The topological polar surface area (TPSA) is 86.1 Å². The average Bonchev–Trinajstić information content (AvgIpc) is 3.17. The van der Waals surface area contributed by atoms with Crippen molar-refractivity contribution in [3.05, 3.63) is 47.9 Å². The Morgan fingerprint density at radius 1 is 1.28 bits per heavy atom. The number of anilines is 1. The molecule has 0 saturated heterocycles. The van der Waals surface area contributed by atoms with Gasteiger partial charge in [0.25, 0.3) is 5.91 Å². The lowest BCUT2D eigenvalue weighted by Crippen LogP contribution is -2.48. The number of hydrogen-bond donors (Lipinski definition) is 0. The zero-order chi connectivity index (χ0) is 18.0. The molecule has 7 heteroatoms. The fourth-order valence-electron chi connectivity index (χ4n) is 2.63. The highest BCUT2D eigenvalue weighted by atomic mass is 16.5. The second-order valence-corrected chi connectivity index (χ2v) is 5.50. The van der Waals surface area contributed by atoms with E-state index in [1.807, 2.05) is 6.92 Å². The Kier molecular flexibility index (Phi) is 4.56. The number of nitrogens with zero attached hydrogens (tertiary/aromatic N) is 1. The zero-order valence-corrected chi connectivity index (χ0v) is 13.9. The second-order valence-electron chi connectivity index (χ2n) is 5.50. The Hall–Kier alpha value is -3.09. The van der Waals surface area contributed by atoms with E-state index in [9.17, 15) is 14.4 Å². The first-order valence-corrected chi connectivity index (χ1v) is 7.82. The Bertz CT molecular complexity index is 811. The van der Waals surface area contributed by atoms with Crippen molar-refractivity contribution in [3.63, 3.8) is 0 Å². The van der Waals surface area contributed by atoms with Crippen molar-refractivity contribution in [1.29, 1.82) is 0 Å². The van der Waals surface area contributed by atoms with Crippen molar-refractivity contribution >= 4 is 23.3 Å². The summed E-state index contributed by atoms with van der Waals surface area (Å²) in [5.41, 5.74) is 0.687. The van der Waals surface area contributed by atoms with Crippen molar-refractivity contribution in [1.82, 2.24) is 0 Å². The molecular weight excluding hydrogens is 326 g/mol. The van der Waals surface area contributed by atoms with E-state index in [1.54, 1.807) is 24.3 Å². The standard InChI is InChI=1S/C18H17NO6/c1-3-13-18(22)19(10-16(20)23-2)12-9-11(6-7-14(12)25-13)17(21)15-5-4-8-24-15/h4-9,13H,3,10H2,1-2H3/t13-/m0/s1. The summed E-state index contributed by atoms with van der Waals surface area (Å²) in [5, 5.41) is 0. The van der Waals surface area contributed by atoms with Gasteiger partial charge in [-0.25, -0.2) is 0 Å². The van der Waals surface area contributed by atoms with Crippen molar-refractivity contribution in [3.8, 4) is 5.75 Å². The predicted octanol–water partition coefficient (Wildman–Crippen LogP) is 2.19. The number of amides is 1. The molecule has 0 bridgehead atoms. The number of carbonyl (C=O) groups is 3. The number of hydrogen-bond acceptors (Lipinski definition) is 6. The fraction of sp³-hybridized carbons (Fsp3) is 0.278. The Balaban J connectivity index is 2.01. The molecule has 130 valence electrons. The number of fused-ring (bicyclic) bond motifs is 1. The van der Waals surface area contributed by atoms with E-state index in [0.29, 0.717) is 23.4 Å². The van der Waals surface area contributed by atoms with Gasteiger partial charge in [0.05, 0.1) is 19.1 Å². The van der Waals surface area contributed by atoms with E-state index in [2.05, 4.69) is 4.74 Å². The van der Waals surface area contributed by atoms with Crippen LogP contribution < -0.4 is 9.64 Å². The molecule has 25 heavy (non-hydrogen) atoms. The van der Waals surface area contributed by atoms with E-state index in [4.69, 9.17) is 9.15 Å². The molecule has 0 aliphatic carbocycles. The molecule has 0 fully saturated rings. The van der Waals surface area contributed by atoms with Crippen LogP contribution in [0, 0.1) is 0 Å². The maximum absolute atomic E-state index is 12.6. The van der Waals surface area contributed by atoms with E-state index in [1.165, 1.54) is 24.3 Å². The summed E-state index contributed by atoms with van der Waals surface area (Å²) in [7, 11) is 1.25. The van der Waals surface area contributed by atoms with Gasteiger partial charge in [-0.3, -0.25) is 19.3 Å². The Morgan fingerprint density at radius 2 is 2.08 bits per heavy atom. The minimum absolute atomic E-state index is 0.189. The van der Waals surface area contributed by atoms with Crippen LogP contribution in [0.15, 0.2) is 41.0 Å². The van der Waals surface area contributed by atoms with Crippen LogP contribution in [0.2, 0.25) is 0 Å². The van der Waals surface area contributed by atoms with Crippen LogP contribution in [0.25, 0.3) is 0 Å². The van der Waals surface area contributed by atoms with Gasteiger partial charge in [-0.1, -0.05) is 6.92 Å². The molecule has 2 heterocycles. The van der Waals surface area contributed by atoms with Gasteiger partial charge in [-0.05, 0) is 36.8 Å². The monoisotopic (exact) mass is 343 g/mol. The van der Waals surface area contributed by atoms with Crippen molar-refractivity contribution in [2.45, 2.75) is 19.4 Å². The first-order valence-electron chi connectivity index (χ1n) is 7.82. The summed E-state index contributed by atoms with van der Waals surface area (Å²) in [4.78, 5) is 38.0. The largest absolute Gasteiger partial charge is 0.478 e. The smallest absolute Gasteiger partial charge is 0.325 e. The predicted molar refractivity (Wildman–Crippen MR) is 87.7 cm³/mol. The summed E-state index contributed by atoms with van der Waals surface area (Å²) in [6.07, 6.45) is 1.19. The number of ether oxygens (including phenoxy) is 2. The van der Waals surface area contributed by atoms with Gasteiger partial charge in [0, 0.05) is 5.56 Å². The molecule has 1 aliphatic heterocycles. The third-order valence-electron chi connectivity index (χ3n) is 3.95. The van der Waals surface area contributed by atoms with Crippen LogP contribution in [0.5, 0.6) is 5.75 Å². The second kappa shape index (κ2) is 6.80. The van der Waals surface area contributed by atoms with Gasteiger partial charge in [0.2, 0.25) is 5.78 Å². The summed E-state index contributed by atoms with van der Waals surface area (Å²) in [6.45, 7) is 1.57. The van der Waals surface area contributed by atoms with Crippen molar-refractivity contribution in [2.24, 2.45) is 0 Å². The molecule has 1 atom stereocenters. The highest BCUT2D eigenvalue weighted by Crippen LogP contribution is 2.36. The number of methoxy groups -OCH3 is 1. The molecule has 1 amide bonds. The number of carbonyl (C=O) groups excluding carboxylic acids is 3. The van der Waals surface area contributed by atoms with Gasteiger partial charge in [-0.15, -0.1) is 0 Å². The number of rotatable bonds is 5. The van der Waals surface area contributed by atoms with E-state index in [-0.39, 0.29) is 24.0 Å². The van der Waals surface area contributed by atoms with E-state index in [0.717, 1.165) is 0 Å². The molecule has 1 aromatic heterocycles. The molecule has 7 nitrogen and oxygen atoms in total. The van der Waals surface area contributed by atoms with Gasteiger partial charge >= 0.3 is 5.97 Å². The first kappa shape index (κ1) is 16.8. The third kappa shape index (κ3) is 3.13. The average molecular weight is 343 g/mol. The number of ketones is 1. The van der Waals surface area contributed by atoms with Gasteiger partial charge in [-0.2, -0.15) is 0 Å². The van der Waals surface area contributed by atoms with E-state index >= 15 is 0 Å². The number of furan rings is 1. The maximum atomic E-state index is 12.6. The summed E-state index contributed by atoms with van der Waals surface area (Å²) < 4.78 is 15.5. The van der Waals surface area contributed by atoms with Gasteiger partial charge in [0.1, 0.15) is 12.3 Å². The summed E-state index contributed by atoms with van der Waals surface area (Å²) in [5.74, 6) is -0.599. The lowest BCUT2D eigenvalue weighted by molar-refractivity contribution is -0.140. The van der Waals surface area contributed by atoms with E-state index < -0.39 is 12.1 Å². The van der Waals surface area contributed by atoms with Crippen LogP contribution in [-0.4, -0.2) is 37.4 Å². The molecule has 0 unspecified atom stereocenters. The lowest BCUT2D eigenvalue weighted by atomic mass is 10.0. The van der Waals surface area contributed by atoms with Crippen LogP contribution >= 0.6 is 0 Å². The third-order valence-corrected chi connectivity index (χ3v) is 3.95. The van der Waals surface area contributed by atoms with Crippen molar-refractivity contribution in [2.75, 3.05) is 18.6 Å². The summed E-state index contributed by atoms with van der Waals surface area (Å²) in [6, 6.07) is 7.91. The van der Waals surface area contributed by atoms with Gasteiger partial charge < -0.3 is 13.9 Å². The van der Waals surface area contributed by atoms with Crippen LogP contribution in [-0.2, 0) is 14.3 Å². The molecule has 0 N–H and O–H groups in total. The zero-order valence-electron chi connectivity index (χ0n) is 13.9. The minimum Gasteiger partial charge on any atom is -0.478 e. The van der Waals surface area contributed by atoms with Crippen molar-refractivity contribution < 1.29 is 28.3 Å². The summed E-state index contributed by atoms with van der Waals surface area (Å²) >= 11 is 0. The quantitative estimate of drug-likeness (QED) is 0.611. The minimum atomic E-state index is -0.677.